The average Bonchev–Trinajstić information content (AvgIpc) is 3.07. The molecular weight excluding hydrogens is 312 g/mol. The van der Waals surface area contributed by atoms with Crippen molar-refractivity contribution in [3.63, 3.8) is 0 Å². The number of para-hydroxylation sites is 2. The molecule has 1 aliphatic heterocycles. The van der Waals surface area contributed by atoms with E-state index in [1.807, 2.05) is 0 Å². The summed E-state index contributed by atoms with van der Waals surface area (Å²) in [4.78, 5) is 24.1. The zero-order chi connectivity index (χ0) is 16.9. The molecule has 3 rings (SSSR count). The maximum Gasteiger partial charge on any atom is 0.251 e. The van der Waals surface area contributed by atoms with Gasteiger partial charge in [0.25, 0.3) is 5.91 Å². The highest BCUT2D eigenvalue weighted by molar-refractivity contribution is 6.00. The van der Waals surface area contributed by atoms with Gasteiger partial charge in [-0.2, -0.15) is 0 Å². The Hall–Kier alpha value is -3.22. The number of amides is 2. The molecule has 0 saturated heterocycles. The van der Waals surface area contributed by atoms with E-state index < -0.39 is 0 Å². The third kappa shape index (κ3) is 3.40. The normalized spacial score (nSPS) is 11.7. The highest BCUT2D eigenvalue weighted by Crippen LogP contribution is 2.32. The number of anilines is 1. The molecule has 0 radical (unpaired) electrons. The summed E-state index contributed by atoms with van der Waals surface area (Å²) in [5.41, 5.74) is 0.937. The van der Waals surface area contributed by atoms with Crippen molar-refractivity contribution in [1.29, 1.82) is 0 Å². The number of fused-ring (bicyclic) bond motifs is 1. The van der Waals surface area contributed by atoms with E-state index in [1.165, 1.54) is 7.11 Å². The van der Waals surface area contributed by atoms with E-state index in [-0.39, 0.29) is 25.2 Å². The van der Waals surface area contributed by atoms with Crippen LogP contribution >= 0.6 is 0 Å². The van der Waals surface area contributed by atoms with Crippen LogP contribution in [0, 0.1) is 0 Å². The molecule has 0 fully saturated rings. The summed E-state index contributed by atoms with van der Waals surface area (Å²) in [6.07, 6.45) is 0. The molecule has 0 saturated carbocycles. The molecule has 124 valence electrons. The smallest absolute Gasteiger partial charge is 0.251 e. The number of hydrogen-bond acceptors (Lipinski definition) is 5. The van der Waals surface area contributed by atoms with Gasteiger partial charge in [-0.3, -0.25) is 9.59 Å². The van der Waals surface area contributed by atoms with Gasteiger partial charge in [0.05, 0.1) is 19.3 Å². The monoisotopic (exact) mass is 328 g/mol. The van der Waals surface area contributed by atoms with E-state index in [2.05, 4.69) is 10.6 Å². The van der Waals surface area contributed by atoms with Gasteiger partial charge < -0.3 is 24.8 Å². The van der Waals surface area contributed by atoms with Crippen LogP contribution in [0.2, 0.25) is 0 Å². The van der Waals surface area contributed by atoms with Crippen LogP contribution in [0.15, 0.2) is 42.5 Å². The number of carbonyl (C=O) groups is 2. The van der Waals surface area contributed by atoms with Gasteiger partial charge in [-0.05, 0) is 30.3 Å². The van der Waals surface area contributed by atoms with E-state index >= 15 is 0 Å². The van der Waals surface area contributed by atoms with Crippen LogP contribution < -0.4 is 24.8 Å². The minimum absolute atomic E-state index is 0.141. The van der Waals surface area contributed by atoms with E-state index in [1.54, 1.807) is 42.5 Å². The molecule has 2 aromatic rings. The fourth-order valence-corrected chi connectivity index (χ4v) is 2.24. The lowest BCUT2D eigenvalue weighted by Crippen LogP contribution is -2.32. The van der Waals surface area contributed by atoms with E-state index in [4.69, 9.17) is 14.2 Å². The molecule has 2 aromatic carbocycles. The molecule has 0 spiro atoms. The van der Waals surface area contributed by atoms with Crippen molar-refractivity contribution in [2.24, 2.45) is 0 Å². The number of nitrogens with one attached hydrogen (secondary N) is 2. The Morgan fingerprint density at radius 3 is 2.75 bits per heavy atom. The topological polar surface area (TPSA) is 85.9 Å². The van der Waals surface area contributed by atoms with Gasteiger partial charge >= 0.3 is 0 Å². The van der Waals surface area contributed by atoms with Gasteiger partial charge in [0.1, 0.15) is 5.75 Å². The summed E-state index contributed by atoms with van der Waals surface area (Å²) in [6, 6.07) is 11.9. The van der Waals surface area contributed by atoms with E-state index in [9.17, 15) is 9.59 Å². The summed E-state index contributed by atoms with van der Waals surface area (Å²) >= 11 is 0. The van der Waals surface area contributed by atoms with Crippen LogP contribution in [0.3, 0.4) is 0 Å². The van der Waals surface area contributed by atoms with Gasteiger partial charge in [0.2, 0.25) is 12.7 Å². The maximum atomic E-state index is 12.1. The van der Waals surface area contributed by atoms with Gasteiger partial charge in [-0.1, -0.05) is 12.1 Å². The van der Waals surface area contributed by atoms with Crippen molar-refractivity contribution < 1.29 is 23.8 Å². The zero-order valence-corrected chi connectivity index (χ0v) is 13.0. The van der Waals surface area contributed by atoms with Crippen molar-refractivity contribution in [3.05, 3.63) is 48.0 Å². The van der Waals surface area contributed by atoms with Crippen LogP contribution in [0.25, 0.3) is 0 Å². The molecule has 0 bridgehead atoms. The molecule has 7 heteroatoms. The van der Waals surface area contributed by atoms with Crippen LogP contribution in [0.4, 0.5) is 5.69 Å². The molecule has 0 atom stereocenters. The summed E-state index contributed by atoms with van der Waals surface area (Å²) in [7, 11) is 1.52. The van der Waals surface area contributed by atoms with Crippen molar-refractivity contribution in [2.45, 2.75) is 0 Å². The molecule has 24 heavy (non-hydrogen) atoms. The Morgan fingerprint density at radius 1 is 1.12 bits per heavy atom. The Bertz CT molecular complexity index is 775. The van der Waals surface area contributed by atoms with Crippen molar-refractivity contribution >= 4 is 17.5 Å². The fraction of sp³-hybridized carbons (Fsp3) is 0.176. The average molecular weight is 328 g/mol. The number of carbonyl (C=O) groups excluding carboxylic acids is 2. The number of benzene rings is 2. The quantitative estimate of drug-likeness (QED) is 0.874. The fourth-order valence-electron chi connectivity index (χ4n) is 2.24. The predicted octanol–water partition coefficient (Wildman–Crippen LogP) is 1.79. The molecule has 2 amide bonds. The summed E-state index contributed by atoms with van der Waals surface area (Å²) < 4.78 is 15.6. The van der Waals surface area contributed by atoms with Crippen molar-refractivity contribution in [3.8, 4) is 17.2 Å². The Morgan fingerprint density at radius 2 is 1.92 bits per heavy atom. The number of rotatable bonds is 5. The lowest BCUT2D eigenvalue weighted by molar-refractivity contribution is -0.115. The second-order valence-corrected chi connectivity index (χ2v) is 5.00. The Labute approximate surface area is 138 Å². The van der Waals surface area contributed by atoms with Crippen molar-refractivity contribution in [2.75, 3.05) is 25.8 Å². The second kappa shape index (κ2) is 6.91. The number of ether oxygens (including phenoxy) is 3. The van der Waals surface area contributed by atoms with Crippen LogP contribution in [0.5, 0.6) is 17.2 Å². The SMILES string of the molecule is COc1ccccc1NC(=O)CNC(=O)c1ccc2c(c1)OCO2. The Balaban J connectivity index is 1.57. The van der Waals surface area contributed by atoms with Gasteiger partial charge in [0.15, 0.2) is 11.5 Å². The highest BCUT2D eigenvalue weighted by atomic mass is 16.7. The standard InChI is InChI=1S/C17H16N2O5/c1-22-13-5-3-2-4-12(13)19-16(20)9-18-17(21)11-6-7-14-15(8-11)24-10-23-14/h2-8H,9-10H2,1H3,(H,18,21)(H,19,20). The number of hydrogen-bond donors (Lipinski definition) is 2. The van der Waals surface area contributed by atoms with E-state index in [0.717, 1.165) is 0 Å². The first kappa shape index (κ1) is 15.7. The summed E-state index contributed by atoms with van der Waals surface area (Å²) in [5, 5.41) is 5.25. The summed E-state index contributed by atoms with van der Waals surface area (Å²) in [5.74, 6) is 0.937. The molecule has 0 aromatic heterocycles. The first-order valence-electron chi connectivity index (χ1n) is 7.28. The largest absolute Gasteiger partial charge is 0.495 e. The lowest BCUT2D eigenvalue weighted by atomic mass is 10.2. The molecule has 0 aliphatic carbocycles. The van der Waals surface area contributed by atoms with Crippen LogP contribution in [0.1, 0.15) is 10.4 Å². The van der Waals surface area contributed by atoms with Crippen LogP contribution in [-0.2, 0) is 4.79 Å². The van der Waals surface area contributed by atoms with Crippen LogP contribution in [-0.4, -0.2) is 32.3 Å². The predicted molar refractivity (Wildman–Crippen MR) is 86.5 cm³/mol. The van der Waals surface area contributed by atoms with Gasteiger partial charge in [-0.25, -0.2) is 0 Å². The minimum Gasteiger partial charge on any atom is -0.495 e. The zero-order valence-electron chi connectivity index (χ0n) is 13.0. The first-order valence-corrected chi connectivity index (χ1v) is 7.28. The van der Waals surface area contributed by atoms with Crippen molar-refractivity contribution in [1.82, 2.24) is 5.32 Å². The van der Waals surface area contributed by atoms with E-state index in [0.29, 0.717) is 28.5 Å². The lowest BCUT2D eigenvalue weighted by Gasteiger charge is -2.10. The molecule has 2 N–H and O–H groups in total. The summed E-state index contributed by atoms with van der Waals surface area (Å²) in [6.45, 7) is -0.0208. The molecule has 1 aliphatic rings. The maximum absolute atomic E-state index is 12.1. The third-order valence-corrected chi connectivity index (χ3v) is 3.43. The molecule has 7 nitrogen and oxygen atoms in total. The molecular formula is C17H16N2O5. The number of methoxy groups -OCH3 is 1. The second-order valence-electron chi connectivity index (χ2n) is 5.00. The van der Waals surface area contributed by atoms with Gasteiger partial charge in [-0.15, -0.1) is 0 Å². The highest BCUT2D eigenvalue weighted by Gasteiger charge is 2.16. The first-order chi connectivity index (χ1) is 11.7. The Kier molecular flexibility index (Phi) is 4.51. The molecule has 1 heterocycles. The minimum atomic E-state index is -0.372. The third-order valence-electron chi connectivity index (χ3n) is 3.43. The molecule has 0 unspecified atom stereocenters. The van der Waals surface area contributed by atoms with Gasteiger partial charge in [0, 0.05) is 5.56 Å².